The Morgan fingerprint density at radius 3 is 2.43 bits per heavy atom. The van der Waals surface area contributed by atoms with Crippen LogP contribution in [0.4, 0.5) is 5.69 Å². The number of para-hydroxylation sites is 3. The molecule has 5 heteroatoms. The molecule has 1 aliphatic heterocycles. The molecule has 3 aromatic rings. The molecule has 0 aliphatic carbocycles. The first-order valence-corrected chi connectivity index (χ1v) is 9.77. The lowest BCUT2D eigenvalue weighted by atomic mass is 10.1. The number of hydrogen-bond donors (Lipinski definition) is 0. The van der Waals surface area contributed by atoms with Crippen LogP contribution in [0.3, 0.4) is 0 Å². The fourth-order valence-corrected chi connectivity index (χ4v) is 4.19. The maximum atomic E-state index is 13.1. The number of nitrogens with zero attached hydrogens (tertiary/aromatic N) is 3. The number of fused-ring (bicyclic) bond motifs is 1. The molecule has 0 amide bonds. The SMILES string of the molecule is COc1ccccc1N1CCN(CC(=O)c2c(C)n(C)c3ccccc23)CC1. The summed E-state index contributed by atoms with van der Waals surface area (Å²) in [4.78, 5) is 17.7. The van der Waals surface area contributed by atoms with E-state index in [-0.39, 0.29) is 5.78 Å². The summed E-state index contributed by atoms with van der Waals surface area (Å²) in [7, 11) is 3.74. The number of hydrogen-bond acceptors (Lipinski definition) is 4. The van der Waals surface area contributed by atoms with Gasteiger partial charge in [0, 0.05) is 55.4 Å². The fourth-order valence-electron chi connectivity index (χ4n) is 4.19. The number of piperazine rings is 1. The number of carbonyl (C=O) groups excluding carboxylic acids is 1. The topological polar surface area (TPSA) is 37.7 Å². The fraction of sp³-hybridized carbons (Fsp3) is 0.348. The average molecular weight is 377 g/mol. The van der Waals surface area contributed by atoms with E-state index in [1.807, 2.05) is 44.3 Å². The number of aryl methyl sites for hydroxylation is 1. The largest absolute Gasteiger partial charge is 0.495 e. The summed E-state index contributed by atoms with van der Waals surface area (Å²) in [5.41, 5.74) is 4.15. The molecule has 146 valence electrons. The van der Waals surface area contributed by atoms with E-state index in [1.54, 1.807) is 7.11 Å². The van der Waals surface area contributed by atoms with E-state index in [0.29, 0.717) is 6.54 Å². The second-order valence-electron chi connectivity index (χ2n) is 7.39. The molecule has 0 unspecified atom stereocenters. The van der Waals surface area contributed by atoms with E-state index in [9.17, 15) is 4.79 Å². The molecule has 1 aliphatic rings. The Morgan fingerprint density at radius 1 is 1.00 bits per heavy atom. The molecule has 0 atom stereocenters. The van der Waals surface area contributed by atoms with Crippen molar-refractivity contribution in [3.63, 3.8) is 0 Å². The second kappa shape index (κ2) is 7.68. The smallest absolute Gasteiger partial charge is 0.179 e. The van der Waals surface area contributed by atoms with Crippen LogP contribution in [0.2, 0.25) is 0 Å². The molecule has 4 rings (SSSR count). The number of benzene rings is 2. The molecule has 2 heterocycles. The molecule has 0 N–H and O–H groups in total. The van der Waals surface area contributed by atoms with Crippen molar-refractivity contribution < 1.29 is 9.53 Å². The lowest BCUT2D eigenvalue weighted by molar-refractivity contribution is 0.0927. The van der Waals surface area contributed by atoms with Gasteiger partial charge >= 0.3 is 0 Å². The van der Waals surface area contributed by atoms with Crippen LogP contribution in [0.5, 0.6) is 5.75 Å². The van der Waals surface area contributed by atoms with Gasteiger partial charge in [-0.3, -0.25) is 9.69 Å². The summed E-state index contributed by atoms with van der Waals surface area (Å²) in [5, 5.41) is 1.06. The van der Waals surface area contributed by atoms with Crippen molar-refractivity contribution in [3.8, 4) is 5.75 Å². The zero-order valence-electron chi connectivity index (χ0n) is 16.8. The van der Waals surface area contributed by atoms with Gasteiger partial charge in [-0.05, 0) is 25.1 Å². The Kier molecular flexibility index (Phi) is 5.09. The van der Waals surface area contributed by atoms with E-state index in [0.717, 1.165) is 59.8 Å². The number of ether oxygens (including phenoxy) is 1. The lowest BCUT2D eigenvalue weighted by Crippen LogP contribution is -2.48. The van der Waals surface area contributed by atoms with E-state index >= 15 is 0 Å². The molecule has 0 spiro atoms. The van der Waals surface area contributed by atoms with Gasteiger partial charge in [-0.2, -0.15) is 0 Å². The van der Waals surface area contributed by atoms with Crippen LogP contribution in [-0.2, 0) is 7.05 Å². The maximum absolute atomic E-state index is 13.1. The molecular weight excluding hydrogens is 350 g/mol. The van der Waals surface area contributed by atoms with Crippen LogP contribution >= 0.6 is 0 Å². The van der Waals surface area contributed by atoms with Gasteiger partial charge in [-0.1, -0.05) is 30.3 Å². The average Bonchev–Trinajstić information content (AvgIpc) is 2.99. The van der Waals surface area contributed by atoms with Gasteiger partial charge in [-0.25, -0.2) is 0 Å². The van der Waals surface area contributed by atoms with Gasteiger partial charge in [0.05, 0.1) is 19.3 Å². The van der Waals surface area contributed by atoms with Gasteiger partial charge in [0.2, 0.25) is 0 Å². The Morgan fingerprint density at radius 2 is 1.68 bits per heavy atom. The predicted molar refractivity (Wildman–Crippen MR) is 114 cm³/mol. The Bertz CT molecular complexity index is 1000. The zero-order chi connectivity index (χ0) is 19.7. The van der Waals surface area contributed by atoms with Crippen LogP contribution in [0.15, 0.2) is 48.5 Å². The highest BCUT2D eigenvalue weighted by Crippen LogP contribution is 2.29. The summed E-state index contributed by atoms with van der Waals surface area (Å²) in [6.07, 6.45) is 0. The Labute approximate surface area is 166 Å². The third kappa shape index (κ3) is 3.27. The van der Waals surface area contributed by atoms with Crippen LogP contribution < -0.4 is 9.64 Å². The summed E-state index contributed by atoms with van der Waals surface area (Å²) in [5.74, 6) is 1.11. The molecule has 2 aromatic carbocycles. The lowest BCUT2D eigenvalue weighted by Gasteiger charge is -2.36. The van der Waals surface area contributed by atoms with Crippen molar-refractivity contribution in [1.29, 1.82) is 0 Å². The monoisotopic (exact) mass is 377 g/mol. The molecule has 1 aromatic heterocycles. The number of ketones is 1. The van der Waals surface area contributed by atoms with Crippen molar-refractivity contribution in [2.24, 2.45) is 7.05 Å². The van der Waals surface area contributed by atoms with Gasteiger partial charge in [0.25, 0.3) is 0 Å². The first-order chi connectivity index (χ1) is 13.6. The molecule has 1 fully saturated rings. The standard InChI is InChI=1S/C23H27N3O2/c1-17-23(18-8-4-5-9-19(18)24(17)2)21(27)16-25-12-14-26(15-13-25)20-10-6-7-11-22(20)28-3/h4-11H,12-16H2,1-3H3. The quantitative estimate of drug-likeness (QED) is 0.638. The van der Waals surface area contributed by atoms with Gasteiger partial charge < -0.3 is 14.2 Å². The number of carbonyl (C=O) groups is 1. The Balaban J connectivity index is 1.46. The highest BCUT2D eigenvalue weighted by molar-refractivity contribution is 6.10. The number of anilines is 1. The van der Waals surface area contributed by atoms with Crippen LogP contribution in [0.25, 0.3) is 10.9 Å². The van der Waals surface area contributed by atoms with Crippen LogP contribution in [-0.4, -0.2) is 55.1 Å². The van der Waals surface area contributed by atoms with E-state index in [1.165, 1.54) is 0 Å². The molecule has 1 saturated heterocycles. The first kappa shape index (κ1) is 18.6. The summed E-state index contributed by atoms with van der Waals surface area (Å²) >= 11 is 0. The highest BCUT2D eigenvalue weighted by Gasteiger charge is 2.24. The van der Waals surface area contributed by atoms with Gasteiger partial charge in [0.1, 0.15) is 5.75 Å². The molecule has 0 bridgehead atoms. The highest BCUT2D eigenvalue weighted by atomic mass is 16.5. The van der Waals surface area contributed by atoms with E-state index in [4.69, 9.17) is 4.74 Å². The van der Waals surface area contributed by atoms with Crippen molar-refractivity contribution in [2.45, 2.75) is 6.92 Å². The van der Waals surface area contributed by atoms with Gasteiger partial charge in [-0.15, -0.1) is 0 Å². The van der Waals surface area contributed by atoms with Crippen molar-refractivity contribution in [2.75, 3.05) is 44.7 Å². The minimum atomic E-state index is 0.208. The van der Waals surface area contributed by atoms with Crippen molar-refractivity contribution in [1.82, 2.24) is 9.47 Å². The molecule has 5 nitrogen and oxygen atoms in total. The number of aromatic nitrogens is 1. The third-order valence-corrected chi connectivity index (χ3v) is 5.84. The van der Waals surface area contributed by atoms with Crippen molar-refractivity contribution in [3.05, 3.63) is 59.8 Å². The molecule has 0 radical (unpaired) electrons. The first-order valence-electron chi connectivity index (χ1n) is 9.77. The minimum absolute atomic E-state index is 0.208. The molecule has 28 heavy (non-hydrogen) atoms. The number of rotatable bonds is 5. The third-order valence-electron chi connectivity index (χ3n) is 5.84. The van der Waals surface area contributed by atoms with Crippen LogP contribution in [0.1, 0.15) is 16.1 Å². The number of methoxy groups -OCH3 is 1. The number of Topliss-reactive ketones (excluding diaryl/α,β-unsaturated/α-hetero) is 1. The predicted octanol–water partition coefficient (Wildman–Crippen LogP) is 3.50. The summed E-state index contributed by atoms with van der Waals surface area (Å²) in [6, 6.07) is 16.3. The van der Waals surface area contributed by atoms with Crippen LogP contribution in [0, 0.1) is 6.92 Å². The normalized spacial score (nSPS) is 15.2. The summed E-state index contributed by atoms with van der Waals surface area (Å²) in [6.45, 7) is 6.02. The van der Waals surface area contributed by atoms with Gasteiger partial charge in [0.15, 0.2) is 5.78 Å². The van der Waals surface area contributed by atoms with Crippen molar-refractivity contribution >= 4 is 22.4 Å². The van der Waals surface area contributed by atoms with E-state index < -0.39 is 0 Å². The molecular formula is C23H27N3O2. The van der Waals surface area contributed by atoms with E-state index in [2.05, 4.69) is 32.6 Å². The summed E-state index contributed by atoms with van der Waals surface area (Å²) < 4.78 is 7.61. The maximum Gasteiger partial charge on any atom is 0.179 e. The second-order valence-corrected chi connectivity index (χ2v) is 7.39. The molecule has 0 saturated carbocycles. The zero-order valence-corrected chi connectivity index (χ0v) is 16.8. The Hall–Kier alpha value is -2.79. The minimum Gasteiger partial charge on any atom is -0.495 e.